The Kier molecular flexibility index (Phi) is 5.56. The molecule has 8 heteroatoms. The summed E-state index contributed by atoms with van der Waals surface area (Å²) in [5.74, 6) is -1.42. The van der Waals surface area contributed by atoms with Crippen LogP contribution in [-0.4, -0.2) is 26.5 Å². The number of aliphatic carboxylic acids is 1. The van der Waals surface area contributed by atoms with Crippen molar-refractivity contribution < 1.29 is 19.1 Å². The Hall–Kier alpha value is -3.52. The molecule has 4 aromatic rings. The largest absolute Gasteiger partial charge is 0.481 e. The number of hydrogen-bond donors (Lipinski definition) is 2. The molecule has 1 amide bonds. The van der Waals surface area contributed by atoms with E-state index in [0.717, 1.165) is 32.9 Å². The second-order valence-corrected chi connectivity index (χ2v) is 8.30. The second kappa shape index (κ2) is 8.31. The summed E-state index contributed by atoms with van der Waals surface area (Å²) in [6.45, 7) is 3.74. The maximum absolute atomic E-state index is 13.3. The molecule has 0 spiro atoms. The number of hydrogen-bond acceptors (Lipinski definition) is 4. The number of anilines is 1. The molecule has 158 valence electrons. The topological polar surface area (TPSA) is 84.2 Å². The molecule has 2 aromatic carbocycles. The first-order chi connectivity index (χ1) is 14.8. The molecule has 2 aromatic heterocycles. The fourth-order valence-electron chi connectivity index (χ4n) is 3.57. The summed E-state index contributed by atoms with van der Waals surface area (Å²) in [4.78, 5) is 28.2. The summed E-state index contributed by atoms with van der Waals surface area (Å²) in [5, 5.41) is 12.2. The molecule has 0 fully saturated rings. The fraction of sp³-hybridized carbons (Fsp3) is 0.174. The van der Waals surface area contributed by atoms with Gasteiger partial charge in [0, 0.05) is 23.5 Å². The lowest BCUT2D eigenvalue weighted by atomic mass is 10.1. The van der Waals surface area contributed by atoms with Gasteiger partial charge in [0.1, 0.15) is 5.82 Å². The number of fused-ring (bicyclic) bond motifs is 1. The molecule has 0 radical (unpaired) electrons. The second-order valence-electron chi connectivity index (χ2n) is 7.27. The molecule has 31 heavy (non-hydrogen) atoms. The highest BCUT2D eigenvalue weighted by Crippen LogP contribution is 2.28. The summed E-state index contributed by atoms with van der Waals surface area (Å²) in [5.41, 5.74) is 4.57. The SMILES string of the molecule is Cc1cc(C(=O)Nc2nc3ccc(CCC(=O)O)cc3s2)c(C)n1-c1ccc(F)cc1. The van der Waals surface area contributed by atoms with E-state index in [1.165, 1.54) is 23.5 Å². The normalized spacial score (nSPS) is 11.1. The summed E-state index contributed by atoms with van der Waals surface area (Å²) in [6.07, 6.45) is 0.512. The molecule has 0 aliphatic rings. The van der Waals surface area contributed by atoms with Crippen LogP contribution in [0.3, 0.4) is 0 Å². The summed E-state index contributed by atoms with van der Waals surface area (Å²) in [6, 6.07) is 13.5. The van der Waals surface area contributed by atoms with Crippen LogP contribution in [0.25, 0.3) is 15.9 Å². The first-order valence-electron chi connectivity index (χ1n) is 9.69. The molecular formula is C23H20FN3O3S. The van der Waals surface area contributed by atoms with Crippen molar-refractivity contribution in [3.63, 3.8) is 0 Å². The van der Waals surface area contributed by atoms with Crippen molar-refractivity contribution in [1.29, 1.82) is 0 Å². The smallest absolute Gasteiger partial charge is 0.303 e. The average molecular weight is 437 g/mol. The lowest BCUT2D eigenvalue weighted by Gasteiger charge is -2.09. The third-order valence-electron chi connectivity index (χ3n) is 5.06. The van der Waals surface area contributed by atoms with E-state index in [-0.39, 0.29) is 18.1 Å². The van der Waals surface area contributed by atoms with Crippen LogP contribution in [0.1, 0.15) is 33.7 Å². The van der Waals surface area contributed by atoms with E-state index in [4.69, 9.17) is 5.11 Å². The van der Waals surface area contributed by atoms with Crippen LogP contribution >= 0.6 is 11.3 Å². The van der Waals surface area contributed by atoms with Crippen molar-refractivity contribution in [2.45, 2.75) is 26.7 Å². The average Bonchev–Trinajstić information content (AvgIpc) is 3.26. The number of carbonyl (C=O) groups excluding carboxylic acids is 1. The number of carboxylic acid groups (broad SMARTS) is 1. The number of carbonyl (C=O) groups is 2. The van der Waals surface area contributed by atoms with Gasteiger partial charge in [-0.1, -0.05) is 17.4 Å². The molecule has 0 aliphatic heterocycles. The van der Waals surface area contributed by atoms with E-state index < -0.39 is 5.97 Å². The van der Waals surface area contributed by atoms with Crippen molar-refractivity contribution in [3.8, 4) is 5.69 Å². The molecule has 2 N–H and O–H groups in total. The van der Waals surface area contributed by atoms with Gasteiger partial charge in [0.05, 0.1) is 15.8 Å². The van der Waals surface area contributed by atoms with Gasteiger partial charge in [-0.15, -0.1) is 0 Å². The predicted octanol–water partition coefficient (Wildman–Crippen LogP) is 5.11. The van der Waals surface area contributed by atoms with Crippen LogP contribution in [0, 0.1) is 19.7 Å². The molecule has 0 bridgehead atoms. The Morgan fingerprint density at radius 3 is 2.58 bits per heavy atom. The zero-order chi connectivity index (χ0) is 22.1. The molecular weight excluding hydrogens is 417 g/mol. The van der Waals surface area contributed by atoms with Gasteiger partial charge < -0.3 is 9.67 Å². The van der Waals surface area contributed by atoms with Gasteiger partial charge in [-0.25, -0.2) is 9.37 Å². The maximum atomic E-state index is 13.3. The minimum Gasteiger partial charge on any atom is -0.481 e. The quantitative estimate of drug-likeness (QED) is 0.439. The summed E-state index contributed by atoms with van der Waals surface area (Å²) in [7, 11) is 0. The van der Waals surface area contributed by atoms with Gasteiger partial charge in [-0.3, -0.25) is 14.9 Å². The molecule has 0 aliphatic carbocycles. The molecule has 0 unspecified atom stereocenters. The summed E-state index contributed by atoms with van der Waals surface area (Å²) < 4.78 is 16.1. The first kappa shape index (κ1) is 20.7. The number of halogens is 1. The van der Waals surface area contributed by atoms with Crippen LogP contribution in [0.2, 0.25) is 0 Å². The predicted molar refractivity (Wildman–Crippen MR) is 119 cm³/mol. The number of nitrogens with one attached hydrogen (secondary N) is 1. The van der Waals surface area contributed by atoms with Gasteiger partial charge in [0.15, 0.2) is 5.13 Å². The lowest BCUT2D eigenvalue weighted by Crippen LogP contribution is -2.12. The number of nitrogens with zero attached hydrogens (tertiary/aromatic N) is 2. The molecule has 0 saturated heterocycles. The van der Waals surface area contributed by atoms with Crippen LogP contribution in [0.5, 0.6) is 0 Å². The van der Waals surface area contributed by atoms with Gasteiger partial charge in [-0.2, -0.15) is 0 Å². The molecule has 0 saturated carbocycles. The maximum Gasteiger partial charge on any atom is 0.303 e. The monoisotopic (exact) mass is 437 g/mol. The third-order valence-corrected chi connectivity index (χ3v) is 6.00. The van der Waals surface area contributed by atoms with E-state index in [1.807, 2.05) is 36.6 Å². The highest BCUT2D eigenvalue weighted by molar-refractivity contribution is 7.22. The highest BCUT2D eigenvalue weighted by Gasteiger charge is 2.18. The van der Waals surface area contributed by atoms with Gasteiger partial charge >= 0.3 is 5.97 Å². The minimum atomic E-state index is -0.837. The Labute approximate surface area is 182 Å². The Bertz CT molecular complexity index is 1290. The van der Waals surface area contributed by atoms with Gasteiger partial charge in [0.2, 0.25) is 0 Å². The van der Waals surface area contributed by atoms with Crippen molar-refractivity contribution in [3.05, 3.63) is 76.9 Å². The number of thiazole rings is 1. The zero-order valence-electron chi connectivity index (χ0n) is 17.0. The third kappa shape index (κ3) is 4.34. The first-order valence-corrected chi connectivity index (χ1v) is 10.5. The fourth-order valence-corrected chi connectivity index (χ4v) is 4.50. The zero-order valence-corrected chi connectivity index (χ0v) is 17.8. The van der Waals surface area contributed by atoms with E-state index >= 15 is 0 Å². The highest BCUT2D eigenvalue weighted by atomic mass is 32.1. The lowest BCUT2D eigenvalue weighted by molar-refractivity contribution is -0.136. The number of amides is 1. The van der Waals surface area contributed by atoms with Crippen molar-refractivity contribution in [2.75, 3.05) is 5.32 Å². The standard InChI is InChI=1S/C23H20FN3O3S/c1-13-11-18(14(2)27(13)17-7-5-16(24)6-8-17)22(30)26-23-25-19-9-3-15(4-10-21(28)29)12-20(19)31-23/h3,5-9,11-12H,4,10H2,1-2H3,(H,28,29)(H,25,26,30). The summed E-state index contributed by atoms with van der Waals surface area (Å²) >= 11 is 1.34. The van der Waals surface area contributed by atoms with Crippen molar-refractivity contribution in [1.82, 2.24) is 9.55 Å². The van der Waals surface area contributed by atoms with E-state index in [2.05, 4.69) is 10.3 Å². The Morgan fingerprint density at radius 1 is 1.13 bits per heavy atom. The number of benzene rings is 2. The van der Waals surface area contributed by atoms with Crippen LogP contribution in [-0.2, 0) is 11.2 Å². The molecule has 2 heterocycles. The molecule has 6 nitrogen and oxygen atoms in total. The van der Waals surface area contributed by atoms with E-state index in [1.54, 1.807) is 18.2 Å². The number of aromatic nitrogens is 2. The molecule has 4 rings (SSSR count). The molecule has 0 atom stereocenters. The number of carboxylic acids is 1. The van der Waals surface area contributed by atoms with Crippen LogP contribution < -0.4 is 5.32 Å². The van der Waals surface area contributed by atoms with E-state index in [9.17, 15) is 14.0 Å². The van der Waals surface area contributed by atoms with E-state index in [0.29, 0.717) is 17.1 Å². The van der Waals surface area contributed by atoms with Crippen molar-refractivity contribution >= 4 is 38.6 Å². The minimum absolute atomic E-state index is 0.0670. The number of aryl methyl sites for hydroxylation is 2. The Morgan fingerprint density at radius 2 is 1.87 bits per heavy atom. The number of rotatable bonds is 6. The van der Waals surface area contributed by atoms with Crippen molar-refractivity contribution in [2.24, 2.45) is 0 Å². The Balaban J connectivity index is 1.57. The van der Waals surface area contributed by atoms with Crippen LogP contribution in [0.4, 0.5) is 9.52 Å². The van der Waals surface area contributed by atoms with Gasteiger partial charge in [0.25, 0.3) is 5.91 Å². The van der Waals surface area contributed by atoms with Crippen LogP contribution in [0.15, 0.2) is 48.5 Å². The van der Waals surface area contributed by atoms with Gasteiger partial charge in [-0.05, 0) is 68.3 Å².